The zero-order valence-corrected chi connectivity index (χ0v) is 11.2. The van der Waals surface area contributed by atoms with E-state index in [-0.39, 0.29) is 18.3 Å². The number of rotatable bonds is 6. The summed E-state index contributed by atoms with van der Waals surface area (Å²) in [5.41, 5.74) is 0. The molecule has 1 aliphatic rings. The molecular weight excluding hydrogens is 234 g/mol. The molecule has 1 rings (SSSR count). The van der Waals surface area contributed by atoms with Gasteiger partial charge in [-0.05, 0) is 13.3 Å². The minimum atomic E-state index is -0.713. The molecule has 1 fully saturated rings. The lowest BCUT2D eigenvalue weighted by Gasteiger charge is -2.32. The summed E-state index contributed by atoms with van der Waals surface area (Å²) in [5.74, 6) is 0.0207. The Labute approximate surface area is 108 Å². The standard InChI is InChI=1S/C13H23NO4/c1-3-10-8-14(6-5-12(10)16)9-11(15)7-13(17)18-4-2/h10-11,15H,3-9H2,1-2H3. The zero-order valence-electron chi connectivity index (χ0n) is 11.2. The van der Waals surface area contributed by atoms with E-state index >= 15 is 0 Å². The number of Topliss-reactive ketones (excluding diaryl/α,β-unsaturated/α-hetero) is 1. The van der Waals surface area contributed by atoms with Crippen molar-refractivity contribution >= 4 is 11.8 Å². The van der Waals surface area contributed by atoms with Gasteiger partial charge in [0.15, 0.2) is 0 Å². The van der Waals surface area contributed by atoms with Crippen LogP contribution in [0.1, 0.15) is 33.1 Å². The van der Waals surface area contributed by atoms with Crippen molar-refractivity contribution in [1.29, 1.82) is 0 Å². The molecule has 0 aromatic heterocycles. The van der Waals surface area contributed by atoms with Crippen molar-refractivity contribution in [1.82, 2.24) is 4.90 Å². The summed E-state index contributed by atoms with van der Waals surface area (Å²) < 4.78 is 4.79. The number of aliphatic hydroxyl groups is 1. The molecule has 1 aliphatic heterocycles. The molecule has 5 heteroatoms. The minimum absolute atomic E-state index is 0.0229. The molecule has 1 saturated heterocycles. The van der Waals surface area contributed by atoms with Gasteiger partial charge in [0.05, 0.1) is 19.1 Å². The van der Waals surface area contributed by atoms with Gasteiger partial charge in [-0.3, -0.25) is 14.5 Å². The van der Waals surface area contributed by atoms with Crippen LogP contribution in [-0.2, 0) is 14.3 Å². The van der Waals surface area contributed by atoms with Gasteiger partial charge < -0.3 is 9.84 Å². The highest BCUT2D eigenvalue weighted by atomic mass is 16.5. The van der Waals surface area contributed by atoms with Crippen molar-refractivity contribution in [2.75, 3.05) is 26.2 Å². The Kier molecular flexibility index (Phi) is 6.29. The van der Waals surface area contributed by atoms with Crippen LogP contribution in [-0.4, -0.2) is 54.1 Å². The number of carbonyl (C=O) groups is 2. The lowest BCUT2D eigenvalue weighted by atomic mass is 9.94. The van der Waals surface area contributed by atoms with Gasteiger partial charge in [0.25, 0.3) is 0 Å². The molecule has 0 aromatic rings. The van der Waals surface area contributed by atoms with Crippen LogP contribution >= 0.6 is 0 Å². The Morgan fingerprint density at radius 3 is 2.89 bits per heavy atom. The first-order valence-electron chi connectivity index (χ1n) is 6.65. The van der Waals surface area contributed by atoms with Crippen LogP contribution in [0.3, 0.4) is 0 Å². The van der Waals surface area contributed by atoms with Gasteiger partial charge in [-0.1, -0.05) is 6.92 Å². The van der Waals surface area contributed by atoms with E-state index in [0.29, 0.717) is 38.4 Å². The first-order valence-corrected chi connectivity index (χ1v) is 6.65. The normalized spacial score (nSPS) is 22.8. The SMILES string of the molecule is CCOC(=O)CC(O)CN1CCC(=O)C(CC)C1. The zero-order chi connectivity index (χ0) is 13.5. The van der Waals surface area contributed by atoms with Crippen LogP contribution in [0, 0.1) is 5.92 Å². The van der Waals surface area contributed by atoms with Crippen molar-refractivity contribution in [3.05, 3.63) is 0 Å². The molecule has 2 unspecified atom stereocenters. The number of hydrogen-bond donors (Lipinski definition) is 1. The third-order valence-corrected chi connectivity index (χ3v) is 3.28. The number of ketones is 1. The first-order chi connectivity index (χ1) is 8.56. The Morgan fingerprint density at radius 2 is 2.28 bits per heavy atom. The van der Waals surface area contributed by atoms with E-state index < -0.39 is 6.10 Å². The van der Waals surface area contributed by atoms with Crippen LogP contribution in [0.2, 0.25) is 0 Å². The second kappa shape index (κ2) is 7.48. The van der Waals surface area contributed by atoms with Gasteiger partial charge in [0, 0.05) is 32.0 Å². The number of ether oxygens (including phenoxy) is 1. The maximum absolute atomic E-state index is 11.6. The Hall–Kier alpha value is -0.940. The molecule has 0 aromatic carbocycles. The second-order valence-electron chi connectivity index (χ2n) is 4.74. The third kappa shape index (κ3) is 4.74. The van der Waals surface area contributed by atoms with Gasteiger partial charge in [-0.15, -0.1) is 0 Å². The Balaban J connectivity index is 2.33. The van der Waals surface area contributed by atoms with Gasteiger partial charge in [-0.2, -0.15) is 0 Å². The number of esters is 1. The van der Waals surface area contributed by atoms with Crippen molar-refractivity contribution in [3.8, 4) is 0 Å². The van der Waals surface area contributed by atoms with Gasteiger partial charge in [0.1, 0.15) is 5.78 Å². The Bertz CT molecular complexity index is 293. The highest BCUT2D eigenvalue weighted by molar-refractivity contribution is 5.82. The molecule has 104 valence electrons. The van der Waals surface area contributed by atoms with E-state index in [1.54, 1.807) is 6.92 Å². The van der Waals surface area contributed by atoms with Gasteiger partial charge in [-0.25, -0.2) is 0 Å². The number of hydrogen-bond acceptors (Lipinski definition) is 5. The predicted octanol–water partition coefficient (Wildman–Crippen LogP) is 0.602. The number of β-amino-alcohol motifs (C(OH)–C–C–N with tert-alkyl or cyclic N) is 1. The Morgan fingerprint density at radius 1 is 1.56 bits per heavy atom. The van der Waals surface area contributed by atoms with E-state index in [9.17, 15) is 14.7 Å². The van der Waals surface area contributed by atoms with E-state index in [4.69, 9.17) is 4.74 Å². The maximum atomic E-state index is 11.6. The fourth-order valence-electron chi connectivity index (χ4n) is 2.27. The molecule has 0 radical (unpaired) electrons. The molecule has 18 heavy (non-hydrogen) atoms. The number of aliphatic hydroxyl groups excluding tert-OH is 1. The first kappa shape index (κ1) is 15.1. The molecule has 0 spiro atoms. The maximum Gasteiger partial charge on any atom is 0.308 e. The summed E-state index contributed by atoms with van der Waals surface area (Å²) in [7, 11) is 0. The number of carbonyl (C=O) groups excluding carboxylic acids is 2. The largest absolute Gasteiger partial charge is 0.466 e. The fraction of sp³-hybridized carbons (Fsp3) is 0.846. The number of nitrogens with zero attached hydrogens (tertiary/aromatic N) is 1. The lowest BCUT2D eigenvalue weighted by molar-refractivity contribution is -0.145. The van der Waals surface area contributed by atoms with Crippen LogP contribution in [0.5, 0.6) is 0 Å². The highest BCUT2D eigenvalue weighted by Crippen LogP contribution is 2.16. The van der Waals surface area contributed by atoms with Crippen molar-refractivity contribution in [3.63, 3.8) is 0 Å². The summed E-state index contributed by atoms with van der Waals surface area (Å²) >= 11 is 0. The van der Waals surface area contributed by atoms with Crippen LogP contribution in [0.15, 0.2) is 0 Å². The molecule has 0 aliphatic carbocycles. The van der Waals surface area contributed by atoms with Gasteiger partial charge >= 0.3 is 5.97 Å². The fourth-order valence-corrected chi connectivity index (χ4v) is 2.27. The average molecular weight is 257 g/mol. The van der Waals surface area contributed by atoms with E-state index in [1.165, 1.54) is 0 Å². The smallest absolute Gasteiger partial charge is 0.308 e. The van der Waals surface area contributed by atoms with Crippen LogP contribution in [0.25, 0.3) is 0 Å². The van der Waals surface area contributed by atoms with Crippen molar-refractivity contribution in [2.45, 2.75) is 39.2 Å². The number of piperidine rings is 1. The van der Waals surface area contributed by atoms with E-state index in [1.807, 2.05) is 6.92 Å². The summed E-state index contributed by atoms with van der Waals surface area (Å²) in [6, 6.07) is 0. The quantitative estimate of drug-likeness (QED) is 0.706. The summed E-state index contributed by atoms with van der Waals surface area (Å²) in [6.07, 6.45) is 0.693. The summed E-state index contributed by atoms with van der Waals surface area (Å²) in [4.78, 5) is 24.8. The molecule has 5 nitrogen and oxygen atoms in total. The van der Waals surface area contributed by atoms with Crippen molar-refractivity contribution < 1.29 is 19.4 Å². The topological polar surface area (TPSA) is 66.8 Å². The second-order valence-corrected chi connectivity index (χ2v) is 4.74. The summed E-state index contributed by atoms with van der Waals surface area (Å²) in [6.45, 7) is 5.88. The highest BCUT2D eigenvalue weighted by Gasteiger charge is 2.27. The summed E-state index contributed by atoms with van der Waals surface area (Å²) in [5, 5.41) is 9.80. The molecule has 0 saturated carbocycles. The molecule has 2 atom stereocenters. The molecule has 1 heterocycles. The predicted molar refractivity (Wildman–Crippen MR) is 67.1 cm³/mol. The lowest BCUT2D eigenvalue weighted by Crippen LogP contribution is -2.44. The van der Waals surface area contributed by atoms with E-state index in [2.05, 4.69) is 4.90 Å². The molecule has 1 N–H and O–H groups in total. The van der Waals surface area contributed by atoms with Crippen LogP contribution < -0.4 is 0 Å². The number of likely N-dealkylation sites (tertiary alicyclic amines) is 1. The monoisotopic (exact) mass is 257 g/mol. The van der Waals surface area contributed by atoms with Crippen molar-refractivity contribution in [2.24, 2.45) is 5.92 Å². The van der Waals surface area contributed by atoms with Gasteiger partial charge in [0.2, 0.25) is 0 Å². The molecular formula is C13H23NO4. The molecule has 0 bridgehead atoms. The van der Waals surface area contributed by atoms with Crippen LogP contribution in [0.4, 0.5) is 0 Å². The minimum Gasteiger partial charge on any atom is -0.466 e. The van der Waals surface area contributed by atoms with E-state index in [0.717, 1.165) is 6.42 Å². The molecule has 0 amide bonds. The third-order valence-electron chi connectivity index (χ3n) is 3.28. The average Bonchev–Trinajstić information content (AvgIpc) is 2.31.